The number of rotatable bonds is 2. The van der Waals surface area contributed by atoms with Gasteiger partial charge in [-0.1, -0.05) is 30.0 Å². The maximum Gasteiger partial charge on any atom is 0.239 e. The van der Waals surface area contributed by atoms with Crippen molar-refractivity contribution in [1.29, 1.82) is 0 Å². The molecule has 0 saturated carbocycles. The molecule has 1 saturated heterocycles. The van der Waals surface area contributed by atoms with Crippen molar-refractivity contribution in [2.45, 2.75) is 6.92 Å². The molecular weight excluding hydrogens is 208 g/mol. The fourth-order valence-electron chi connectivity index (χ4n) is 1.41. The third-order valence-corrected chi connectivity index (χ3v) is 3.12. The molecule has 0 bridgehead atoms. The summed E-state index contributed by atoms with van der Waals surface area (Å²) in [4.78, 5) is 17.6. The summed E-state index contributed by atoms with van der Waals surface area (Å²) in [5.74, 6) is 0.664. The standard InChI is InChI=1S/C11H12N2OS/c1-2-13-10(14)8-15-11(13)12-9-6-4-3-5-7-9/h3-7H,2,8H2,1H3. The summed E-state index contributed by atoms with van der Waals surface area (Å²) < 4.78 is 0. The molecule has 0 radical (unpaired) electrons. The first-order valence-electron chi connectivity index (χ1n) is 4.88. The van der Waals surface area contributed by atoms with Crippen molar-refractivity contribution in [1.82, 2.24) is 4.90 Å². The fourth-order valence-corrected chi connectivity index (χ4v) is 2.37. The Morgan fingerprint density at radius 3 is 2.80 bits per heavy atom. The second-order valence-electron chi connectivity index (χ2n) is 3.16. The highest BCUT2D eigenvalue weighted by atomic mass is 32.2. The molecule has 4 heteroatoms. The van der Waals surface area contributed by atoms with E-state index >= 15 is 0 Å². The highest BCUT2D eigenvalue weighted by Gasteiger charge is 2.26. The van der Waals surface area contributed by atoms with E-state index in [0.29, 0.717) is 12.3 Å². The van der Waals surface area contributed by atoms with Crippen LogP contribution in [-0.4, -0.2) is 28.3 Å². The molecule has 1 fully saturated rings. The first-order chi connectivity index (χ1) is 7.31. The normalized spacial score (nSPS) is 18.9. The number of aliphatic imine (C=N–C) groups is 1. The van der Waals surface area contributed by atoms with Crippen LogP contribution in [0.25, 0.3) is 0 Å². The average molecular weight is 220 g/mol. The number of carbonyl (C=O) groups is 1. The van der Waals surface area contributed by atoms with E-state index < -0.39 is 0 Å². The SMILES string of the molecule is CCN1C(=O)CSC1=Nc1ccccc1. The van der Waals surface area contributed by atoms with Gasteiger partial charge in [0, 0.05) is 6.54 Å². The van der Waals surface area contributed by atoms with Crippen LogP contribution < -0.4 is 0 Å². The molecule has 0 atom stereocenters. The van der Waals surface area contributed by atoms with Crippen LogP contribution in [0.4, 0.5) is 5.69 Å². The molecule has 0 spiro atoms. The number of nitrogens with zero attached hydrogens (tertiary/aromatic N) is 2. The quantitative estimate of drug-likeness (QED) is 0.766. The third kappa shape index (κ3) is 2.21. The van der Waals surface area contributed by atoms with Gasteiger partial charge in [-0.3, -0.25) is 9.69 Å². The van der Waals surface area contributed by atoms with E-state index in [1.54, 1.807) is 4.90 Å². The molecular formula is C11H12N2OS. The Hall–Kier alpha value is -1.29. The van der Waals surface area contributed by atoms with Crippen LogP contribution in [0.2, 0.25) is 0 Å². The number of hydrogen-bond acceptors (Lipinski definition) is 3. The first-order valence-corrected chi connectivity index (χ1v) is 5.86. The number of hydrogen-bond donors (Lipinski definition) is 0. The molecule has 2 rings (SSSR count). The van der Waals surface area contributed by atoms with Crippen molar-refractivity contribution in [2.24, 2.45) is 4.99 Å². The lowest BCUT2D eigenvalue weighted by molar-refractivity contribution is -0.123. The van der Waals surface area contributed by atoms with Crippen LogP contribution in [-0.2, 0) is 4.79 Å². The molecule has 0 unspecified atom stereocenters. The number of benzene rings is 1. The van der Waals surface area contributed by atoms with Crippen LogP contribution in [0, 0.1) is 0 Å². The van der Waals surface area contributed by atoms with Gasteiger partial charge < -0.3 is 0 Å². The lowest BCUT2D eigenvalue weighted by atomic mass is 10.3. The highest BCUT2D eigenvalue weighted by molar-refractivity contribution is 8.15. The van der Waals surface area contributed by atoms with Crippen LogP contribution in [0.1, 0.15) is 6.92 Å². The van der Waals surface area contributed by atoms with Crippen molar-refractivity contribution in [3.8, 4) is 0 Å². The zero-order chi connectivity index (χ0) is 10.7. The van der Waals surface area contributed by atoms with Gasteiger partial charge in [0.15, 0.2) is 5.17 Å². The largest absolute Gasteiger partial charge is 0.291 e. The molecule has 1 aliphatic rings. The van der Waals surface area contributed by atoms with Gasteiger partial charge >= 0.3 is 0 Å². The maximum atomic E-state index is 11.4. The van der Waals surface area contributed by atoms with Gasteiger partial charge in [0.05, 0.1) is 11.4 Å². The van der Waals surface area contributed by atoms with Crippen LogP contribution in [0.5, 0.6) is 0 Å². The zero-order valence-electron chi connectivity index (χ0n) is 8.51. The Balaban J connectivity index is 2.24. The van der Waals surface area contributed by atoms with E-state index in [4.69, 9.17) is 0 Å². The van der Waals surface area contributed by atoms with Gasteiger partial charge in [0.25, 0.3) is 0 Å². The fraction of sp³-hybridized carbons (Fsp3) is 0.273. The van der Waals surface area contributed by atoms with E-state index in [9.17, 15) is 4.79 Å². The number of para-hydroxylation sites is 1. The summed E-state index contributed by atoms with van der Waals surface area (Å²) in [5.41, 5.74) is 0.896. The lowest BCUT2D eigenvalue weighted by Gasteiger charge is -2.12. The molecule has 0 aromatic heterocycles. The van der Waals surface area contributed by atoms with E-state index in [0.717, 1.165) is 10.9 Å². The molecule has 78 valence electrons. The molecule has 3 nitrogen and oxygen atoms in total. The van der Waals surface area contributed by atoms with E-state index in [1.165, 1.54) is 11.8 Å². The molecule has 1 aromatic rings. The van der Waals surface area contributed by atoms with Gasteiger partial charge in [0.2, 0.25) is 5.91 Å². The molecule has 1 heterocycles. The van der Waals surface area contributed by atoms with Crippen molar-refractivity contribution in [2.75, 3.05) is 12.3 Å². The second-order valence-corrected chi connectivity index (χ2v) is 4.10. The number of thioether (sulfide) groups is 1. The van der Waals surface area contributed by atoms with E-state index in [-0.39, 0.29) is 5.91 Å². The van der Waals surface area contributed by atoms with Crippen molar-refractivity contribution >= 4 is 28.5 Å². The predicted molar refractivity (Wildman–Crippen MR) is 63.4 cm³/mol. The van der Waals surface area contributed by atoms with Crippen LogP contribution in [0.15, 0.2) is 35.3 Å². The molecule has 1 amide bonds. The monoisotopic (exact) mass is 220 g/mol. The smallest absolute Gasteiger partial charge is 0.239 e. The van der Waals surface area contributed by atoms with Crippen molar-refractivity contribution < 1.29 is 4.79 Å². The minimum Gasteiger partial charge on any atom is -0.291 e. The Kier molecular flexibility index (Phi) is 3.06. The van der Waals surface area contributed by atoms with Gasteiger partial charge in [-0.2, -0.15) is 0 Å². The molecule has 1 aromatic carbocycles. The van der Waals surface area contributed by atoms with Crippen molar-refractivity contribution in [3.63, 3.8) is 0 Å². The summed E-state index contributed by atoms with van der Waals surface area (Å²) in [6, 6.07) is 9.71. The first kappa shape index (κ1) is 10.2. The molecule has 0 aliphatic carbocycles. The number of amidine groups is 1. The summed E-state index contributed by atoms with van der Waals surface area (Å²) in [5, 5.41) is 0.814. The summed E-state index contributed by atoms with van der Waals surface area (Å²) in [6.07, 6.45) is 0. The minimum absolute atomic E-state index is 0.150. The molecule has 15 heavy (non-hydrogen) atoms. The van der Waals surface area contributed by atoms with Gasteiger partial charge in [0.1, 0.15) is 0 Å². The lowest BCUT2D eigenvalue weighted by Crippen LogP contribution is -2.28. The predicted octanol–water partition coefficient (Wildman–Crippen LogP) is 2.27. The highest BCUT2D eigenvalue weighted by Crippen LogP contribution is 2.22. The maximum absolute atomic E-state index is 11.4. The number of amides is 1. The van der Waals surface area contributed by atoms with E-state index in [1.807, 2.05) is 37.3 Å². The molecule has 1 aliphatic heterocycles. The summed E-state index contributed by atoms with van der Waals surface area (Å²) >= 11 is 1.50. The topological polar surface area (TPSA) is 32.7 Å². The van der Waals surface area contributed by atoms with Crippen molar-refractivity contribution in [3.05, 3.63) is 30.3 Å². The van der Waals surface area contributed by atoms with E-state index in [2.05, 4.69) is 4.99 Å². The second kappa shape index (κ2) is 4.49. The van der Waals surface area contributed by atoms with Gasteiger partial charge in [-0.05, 0) is 19.1 Å². The molecule has 0 N–H and O–H groups in total. The Morgan fingerprint density at radius 2 is 2.13 bits per heavy atom. The van der Waals surface area contributed by atoms with Gasteiger partial charge in [-0.15, -0.1) is 0 Å². The third-order valence-electron chi connectivity index (χ3n) is 2.15. The summed E-state index contributed by atoms with van der Waals surface area (Å²) in [6.45, 7) is 2.65. The Bertz CT molecular complexity index is 389. The minimum atomic E-state index is 0.150. The summed E-state index contributed by atoms with van der Waals surface area (Å²) in [7, 11) is 0. The van der Waals surface area contributed by atoms with Gasteiger partial charge in [-0.25, -0.2) is 4.99 Å². The number of carbonyl (C=O) groups excluding carboxylic acids is 1. The van der Waals surface area contributed by atoms with Crippen LogP contribution >= 0.6 is 11.8 Å². The van der Waals surface area contributed by atoms with Crippen LogP contribution in [0.3, 0.4) is 0 Å². The Morgan fingerprint density at radius 1 is 1.40 bits per heavy atom. The average Bonchev–Trinajstić information content (AvgIpc) is 2.61. The zero-order valence-corrected chi connectivity index (χ0v) is 9.33. The Labute approximate surface area is 93.2 Å².